The van der Waals surface area contributed by atoms with Gasteiger partial charge in [-0.1, -0.05) is 36.8 Å². The Balaban J connectivity index is 1.30. The highest BCUT2D eigenvalue weighted by Gasteiger charge is 2.27. The summed E-state index contributed by atoms with van der Waals surface area (Å²) in [4.78, 5) is 18.8. The Morgan fingerprint density at radius 2 is 1.68 bits per heavy atom. The number of anilines is 2. The van der Waals surface area contributed by atoms with Gasteiger partial charge in [-0.15, -0.1) is 11.3 Å². The van der Waals surface area contributed by atoms with Gasteiger partial charge in [0.2, 0.25) is 5.95 Å². The Kier molecular flexibility index (Phi) is 6.41. The molecular formula is C27H36N6S. The summed E-state index contributed by atoms with van der Waals surface area (Å²) in [6, 6.07) is 11.5. The molecule has 0 bridgehead atoms. The number of likely N-dealkylation sites (N-methyl/N-ethyl adjacent to an activating group) is 1. The van der Waals surface area contributed by atoms with E-state index in [0.29, 0.717) is 0 Å². The first-order chi connectivity index (χ1) is 16.7. The van der Waals surface area contributed by atoms with E-state index in [9.17, 15) is 0 Å². The number of piperidine rings is 1. The summed E-state index contributed by atoms with van der Waals surface area (Å²) in [6.07, 6.45) is 6.61. The third-order valence-electron chi connectivity index (χ3n) is 7.99. The molecule has 180 valence electrons. The monoisotopic (exact) mass is 476 g/mol. The van der Waals surface area contributed by atoms with Crippen molar-refractivity contribution < 1.29 is 0 Å². The average molecular weight is 477 g/mol. The fraction of sp³-hybridized carbons (Fsp3) is 0.556. The van der Waals surface area contributed by atoms with Gasteiger partial charge in [-0.2, -0.15) is 4.98 Å². The van der Waals surface area contributed by atoms with Gasteiger partial charge in [-0.25, -0.2) is 4.98 Å². The van der Waals surface area contributed by atoms with Crippen LogP contribution in [0.4, 0.5) is 11.8 Å². The van der Waals surface area contributed by atoms with Gasteiger partial charge in [-0.3, -0.25) is 0 Å². The third-order valence-corrected chi connectivity index (χ3v) is 8.86. The van der Waals surface area contributed by atoms with Gasteiger partial charge >= 0.3 is 0 Å². The number of nitrogens with one attached hydrogen (secondary N) is 1. The highest BCUT2D eigenvalue weighted by Crippen LogP contribution is 2.40. The van der Waals surface area contributed by atoms with Crippen molar-refractivity contribution in [3.63, 3.8) is 0 Å². The lowest BCUT2D eigenvalue weighted by molar-refractivity contribution is 0.295. The number of nitrogens with zero attached hydrogens (tertiary/aromatic N) is 5. The van der Waals surface area contributed by atoms with E-state index in [1.807, 2.05) is 0 Å². The quantitative estimate of drug-likeness (QED) is 0.567. The summed E-state index contributed by atoms with van der Waals surface area (Å²) >= 11 is 1.76. The lowest BCUT2D eigenvalue weighted by Crippen LogP contribution is -2.45. The number of hydrogen-bond donors (Lipinski definition) is 1. The average Bonchev–Trinajstić information content (AvgIpc) is 3.28. The zero-order valence-electron chi connectivity index (χ0n) is 20.2. The maximum absolute atomic E-state index is 5.27. The van der Waals surface area contributed by atoms with Crippen LogP contribution < -0.4 is 15.1 Å². The summed E-state index contributed by atoms with van der Waals surface area (Å²) in [7, 11) is 2.20. The zero-order valence-corrected chi connectivity index (χ0v) is 21.1. The van der Waals surface area contributed by atoms with Crippen LogP contribution in [0, 0.1) is 5.92 Å². The molecule has 1 N–H and O–H groups in total. The highest BCUT2D eigenvalue weighted by atomic mass is 32.1. The van der Waals surface area contributed by atoms with E-state index in [1.54, 1.807) is 11.3 Å². The molecule has 0 atom stereocenters. The second-order valence-corrected chi connectivity index (χ2v) is 11.2. The van der Waals surface area contributed by atoms with Gasteiger partial charge in [0.25, 0.3) is 0 Å². The first-order valence-electron chi connectivity index (χ1n) is 13.0. The van der Waals surface area contributed by atoms with Gasteiger partial charge in [0.05, 0.1) is 5.39 Å². The van der Waals surface area contributed by atoms with Crippen LogP contribution in [-0.2, 0) is 0 Å². The predicted octanol–water partition coefficient (Wildman–Crippen LogP) is 4.47. The summed E-state index contributed by atoms with van der Waals surface area (Å²) in [5.41, 5.74) is 2.53. The van der Waals surface area contributed by atoms with E-state index in [0.717, 1.165) is 67.8 Å². The topological polar surface area (TPSA) is 47.5 Å². The summed E-state index contributed by atoms with van der Waals surface area (Å²) in [6.45, 7) is 7.45. The van der Waals surface area contributed by atoms with E-state index in [-0.39, 0.29) is 0 Å². The van der Waals surface area contributed by atoms with Crippen LogP contribution in [0.25, 0.3) is 21.3 Å². The summed E-state index contributed by atoms with van der Waals surface area (Å²) in [5, 5.41) is 7.32. The second-order valence-electron chi connectivity index (χ2n) is 10.3. The first-order valence-corrected chi connectivity index (χ1v) is 13.9. The Morgan fingerprint density at radius 1 is 0.912 bits per heavy atom. The van der Waals surface area contributed by atoms with Crippen molar-refractivity contribution in [2.45, 2.75) is 38.1 Å². The molecule has 6 nitrogen and oxygen atoms in total. The minimum Gasteiger partial charge on any atom is -0.356 e. The highest BCUT2D eigenvalue weighted by molar-refractivity contribution is 7.17. The SMILES string of the molecule is CN1CCN(c2nc(N3CCC(CNC4CCC4)CC3)c3c(-c4ccccc4)csc3n2)CC1. The maximum Gasteiger partial charge on any atom is 0.228 e. The van der Waals surface area contributed by atoms with Crippen molar-refractivity contribution in [1.29, 1.82) is 0 Å². The summed E-state index contributed by atoms with van der Waals surface area (Å²) < 4.78 is 0. The molecule has 4 heterocycles. The van der Waals surface area contributed by atoms with E-state index < -0.39 is 0 Å². The lowest BCUT2D eigenvalue weighted by Gasteiger charge is -2.36. The predicted molar refractivity (Wildman–Crippen MR) is 143 cm³/mol. The molecule has 1 aromatic carbocycles. The van der Waals surface area contributed by atoms with E-state index >= 15 is 0 Å². The number of rotatable bonds is 6. The lowest BCUT2D eigenvalue weighted by atomic mass is 9.91. The zero-order chi connectivity index (χ0) is 22.9. The molecule has 3 aliphatic rings. The number of thiophene rings is 1. The van der Waals surface area contributed by atoms with Crippen molar-refractivity contribution in [1.82, 2.24) is 20.2 Å². The largest absolute Gasteiger partial charge is 0.356 e. The molecule has 0 spiro atoms. The molecule has 6 rings (SSSR count). The minimum absolute atomic E-state index is 0.780. The molecular weight excluding hydrogens is 440 g/mol. The molecule has 0 radical (unpaired) electrons. The first kappa shape index (κ1) is 22.3. The fourth-order valence-electron chi connectivity index (χ4n) is 5.41. The molecule has 2 aromatic heterocycles. The fourth-order valence-corrected chi connectivity index (χ4v) is 6.35. The van der Waals surface area contributed by atoms with Gasteiger partial charge in [0.15, 0.2) is 0 Å². The standard InChI is InChI=1S/C27H36N6S/c1-31-14-16-33(17-15-31)27-29-25(32-12-10-20(11-13-32)18-28-22-8-5-9-22)24-23(19-34-26(24)30-27)21-6-3-2-4-7-21/h2-4,6-7,19-20,22,28H,5,8-18H2,1H3. The number of fused-ring (bicyclic) bond motifs is 1. The number of piperazine rings is 1. The molecule has 3 fully saturated rings. The molecule has 2 saturated heterocycles. The van der Waals surface area contributed by atoms with Gasteiger partial charge < -0.3 is 20.0 Å². The van der Waals surface area contributed by atoms with Crippen molar-refractivity contribution in [3.8, 4) is 11.1 Å². The normalized spacial score (nSPS) is 20.7. The number of benzene rings is 1. The van der Waals surface area contributed by atoms with Gasteiger partial charge in [0, 0.05) is 56.3 Å². The Hall–Kier alpha value is -2.22. The van der Waals surface area contributed by atoms with Crippen molar-refractivity contribution in [2.24, 2.45) is 5.92 Å². The maximum atomic E-state index is 5.27. The summed E-state index contributed by atoms with van der Waals surface area (Å²) in [5.74, 6) is 2.83. The Bertz CT molecular complexity index is 1100. The Morgan fingerprint density at radius 3 is 2.38 bits per heavy atom. The molecule has 1 aliphatic carbocycles. The van der Waals surface area contributed by atoms with Crippen LogP contribution in [0.15, 0.2) is 35.7 Å². The second kappa shape index (κ2) is 9.80. The third kappa shape index (κ3) is 4.53. The van der Waals surface area contributed by atoms with Crippen LogP contribution in [0.1, 0.15) is 32.1 Å². The molecule has 34 heavy (non-hydrogen) atoms. The molecule has 2 aliphatic heterocycles. The molecule has 7 heteroatoms. The van der Waals surface area contributed by atoms with Crippen LogP contribution in [0.5, 0.6) is 0 Å². The van der Waals surface area contributed by atoms with Crippen molar-refractivity contribution >= 4 is 33.3 Å². The van der Waals surface area contributed by atoms with E-state index in [1.165, 1.54) is 55.2 Å². The van der Waals surface area contributed by atoms with Crippen LogP contribution in [-0.4, -0.2) is 73.8 Å². The van der Waals surface area contributed by atoms with E-state index in [4.69, 9.17) is 9.97 Å². The van der Waals surface area contributed by atoms with Crippen molar-refractivity contribution in [2.75, 3.05) is 62.7 Å². The molecule has 0 unspecified atom stereocenters. The van der Waals surface area contributed by atoms with E-state index in [2.05, 4.69) is 62.8 Å². The molecule has 1 saturated carbocycles. The van der Waals surface area contributed by atoms with Crippen LogP contribution >= 0.6 is 11.3 Å². The van der Waals surface area contributed by atoms with Crippen LogP contribution in [0.2, 0.25) is 0 Å². The Labute approximate surface area is 207 Å². The van der Waals surface area contributed by atoms with Crippen molar-refractivity contribution in [3.05, 3.63) is 35.7 Å². The van der Waals surface area contributed by atoms with Gasteiger partial charge in [-0.05, 0) is 50.8 Å². The molecule has 3 aromatic rings. The van der Waals surface area contributed by atoms with Gasteiger partial charge in [0.1, 0.15) is 10.6 Å². The smallest absolute Gasteiger partial charge is 0.228 e. The van der Waals surface area contributed by atoms with Crippen LogP contribution in [0.3, 0.4) is 0 Å². The number of aromatic nitrogens is 2. The number of hydrogen-bond acceptors (Lipinski definition) is 7. The minimum atomic E-state index is 0.780. The molecule has 0 amide bonds.